The Labute approximate surface area is 178 Å². The van der Waals surface area contributed by atoms with Gasteiger partial charge in [-0.15, -0.1) is 24.3 Å². The first-order valence-corrected chi connectivity index (χ1v) is 8.70. The molecular formula is C21H23IrN4O2-. The SMILES string of the molecule is Cc1nc2n(c1C)C(C)(C)N(C)c1ccc[c-]c1-2.O=C(O)c1ccccn1.[Ir]. The number of carbonyl (C=O) groups is 1. The number of imidazole rings is 1. The number of fused-ring (bicyclic) bond motifs is 3. The van der Waals surface area contributed by atoms with E-state index in [0.717, 1.165) is 17.1 Å². The summed E-state index contributed by atoms with van der Waals surface area (Å²) in [4.78, 5) is 20.7. The molecule has 3 aromatic rings. The normalized spacial score (nSPS) is 13.4. The minimum Gasteiger partial charge on any atom is -0.477 e. The van der Waals surface area contributed by atoms with E-state index >= 15 is 0 Å². The first-order valence-electron chi connectivity index (χ1n) is 8.70. The van der Waals surface area contributed by atoms with Gasteiger partial charge in [0.1, 0.15) is 5.69 Å². The molecule has 3 heterocycles. The van der Waals surface area contributed by atoms with Crippen LogP contribution in [0.4, 0.5) is 5.69 Å². The van der Waals surface area contributed by atoms with Crippen LogP contribution in [-0.4, -0.2) is 32.7 Å². The molecule has 0 unspecified atom stereocenters. The fourth-order valence-corrected chi connectivity index (χ4v) is 3.27. The monoisotopic (exact) mass is 556 g/mol. The van der Waals surface area contributed by atoms with Gasteiger partial charge in [0.15, 0.2) is 0 Å². The summed E-state index contributed by atoms with van der Waals surface area (Å²) in [5.74, 6) is 0.0410. The summed E-state index contributed by atoms with van der Waals surface area (Å²) in [6.07, 6.45) is 1.45. The number of benzene rings is 1. The van der Waals surface area contributed by atoms with Gasteiger partial charge in [-0.25, -0.2) is 9.78 Å². The van der Waals surface area contributed by atoms with Crippen LogP contribution in [0.5, 0.6) is 0 Å². The molecule has 28 heavy (non-hydrogen) atoms. The first kappa shape index (κ1) is 21.8. The largest absolute Gasteiger partial charge is 0.477 e. The number of nitrogens with zero attached hydrogens (tertiary/aromatic N) is 4. The number of aromatic nitrogens is 3. The second-order valence-electron chi connectivity index (χ2n) is 6.95. The molecule has 1 N–H and O–H groups in total. The minimum atomic E-state index is -0.990. The van der Waals surface area contributed by atoms with Crippen LogP contribution in [0.25, 0.3) is 11.4 Å². The van der Waals surface area contributed by atoms with Gasteiger partial charge in [-0.2, -0.15) is 0 Å². The molecule has 7 heteroatoms. The van der Waals surface area contributed by atoms with E-state index in [1.165, 1.54) is 23.6 Å². The van der Waals surface area contributed by atoms with Gasteiger partial charge < -0.3 is 14.6 Å². The van der Waals surface area contributed by atoms with E-state index in [2.05, 4.69) is 61.3 Å². The molecule has 4 rings (SSSR count). The Kier molecular flexibility index (Phi) is 6.42. The van der Waals surface area contributed by atoms with Crippen molar-refractivity contribution in [2.45, 2.75) is 33.4 Å². The van der Waals surface area contributed by atoms with Gasteiger partial charge in [0.25, 0.3) is 0 Å². The van der Waals surface area contributed by atoms with Gasteiger partial charge in [-0.1, -0.05) is 11.6 Å². The molecule has 0 aliphatic carbocycles. The zero-order valence-corrected chi connectivity index (χ0v) is 18.9. The van der Waals surface area contributed by atoms with E-state index in [1.807, 2.05) is 12.1 Å². The predicted molar refractivity (Wildman–Crippen MR) is 105 cm³/mol. The fraction of sp³-hybridized carbons (Fsp3) is 0.286. The second kappa shape index (κ2) is 8.25. The molecule has 1 radical (unpaired) electrons. The van der Waals surface area contributed by atoms with Crippen LogP contribution in [0.1, 0.15) is 35.7 Å². The fourth-order valence-electron chi connectivity index (χ4n) is 3.27. The topological polar surface area (TPSA) is 71.2 Å². The number of anilines is 1. The number of carboxylic acid groups (broad SMARTS) is 1. The standard InChI is InChI=1S/C15H18N3.C6H5NO2.Ir/c1-10-11(2)18-14(16-10)12-8-6-7-9-13(12)17(5)15(18,3)4;8-6(9)5-3-1-2-4-7-5;/h6-7,9H,1-5H3;1-4H,(H,8,9);/q-1;;. The summed E-state index contributed by atoms with van der Waals surface area (Å²) >= 11 is 0. The molecule has 0 saturated heterocycles. The Morgan fingerprint density at radius 1 is 1.18 bits per heavy atom. The number of carboxylic acids is 1. The van der Waals surface area contributed by atoms with Crippen molar-refractivity contribution in [1.82, 2.24) is 14.5 Å². The van der Waals surface area contributed by atoms with Crippen LogP contribution < -0.4 is 4.90 Å². The van der Waals surface area contributed by atoms with Crippen molar-refractivity contribution in [3.05, 3.63) is 65.7 Å². The van der Waals surface area contributed by atoms with Gasteiger partial charge in [-0.3, -0.25) is 4.98 Å². The molecule has 0 fully saturated rings. The molecule has 1 aromatic carbocycles. The Balaban J connectivity index is 0.000000239. The van der Waals surface area contributed by atoms with Crippen molar-refractivity contribution >= 4 is 11.7 Å². The number of hydrogen-bond donors (Lipinski definition) is 1. The maximum atomic E-state index is 10.1. The van der Waals surface area contributed by atoms with Gasteiger partial charge in [0.2, 0.25) is 0 Å². The molecule has 0 atom stereocenters. The Hall–Kier alpha value is -2.50. The van der Waals surface area contributed by atoms with Crippen LogP contribution in [0.15, 0.2) is 42.6 Å². The van der Waals surface area contributed by atoms with E-state index < -0.39 is 5.97 Å². The summed E-state index contributed by atoms with van der Waals surface area (Å²) in [6.45, 7) is 8.65. The molecule has 0 spiro atoms. The Morgan fingerprint density at radius 2 is 1.89 bits per heavy atom. The zero-order valence-electron chi connectivity index (χ0n) is 16.5. The van der Waals surface area contributed by atoms with Crippen molar-refractivity contribution in [2.75, 3.05) is 11.9 Å². The zero-order chi connectivity index (χ0) is 19.8. The van der Waals surface area contributed by atoms with Gasteiger partial charge in [-0.05, 0) is 52.6 Å². The van der Waals surface area contributed by atoms with Crippen molar-refractivity contribution < 1.29 is 30.0 Å². The molecular weight excluding hydrogens is 532 g/mol. The Bertz CT molecular complexity index is 983. The van der Waals surface area contributed by atoms with Gasteiger partial charge in [0.05, 0.1) is 11.5 Å². The second-order valence-corrected chi connectivity index (χ2v) is 6.95. The smallest absolute Gasteiger partial charge is 0.354 e. The van der Waals surface area contributed by atoms with E-state index in [1.54, 1.807) is 12.1 Å². The molecule has 0 amide bonds. The van der Waals surface area contributed by atoms with Crippen molar-refractivity contribution in [1.29, 1.82) is 0 Å². The summed E-state index contributed by atoms with van der Waals surface area (Å²) in [5, 5.41) is 8.32. The van der Waals surface area contributed by atoms with Crippen LogP contribution >= 0.6 is 0 Å². The molecule has 2 aromatic heterocycles. The number of aryl methyl sites for hydroxylation is 1. The van der Waals surface area contributed by atoms with E-state index in [0.29, 0.717) is 0 Å². The summed E-state index contributed by atoms with van der Waals surface area (Å²) in [6, 6.07) is 14.2. The van der Waals surface area contributed by atoms with Crippen molar-refractivity contribution in [2.24, 2.45) is 0 Å². The summed E-state index contributed by atoms with van der Waals surface area (Å²) in [5.41, 5.74) is 4.58. The molecule has 1 aliphatic heterocycles. The molecule has 149 valence electrons. The predicted octanol–water partition coefficient (Wildman–Crippen LogP) is 3.89. The quantitative estimate of drug-likeness (QED) is 0.462. The van der Waals surface area contributed by atoms with Crippen molar-refractivity contribution in [3.8, 4) is 11.4 Å². The average Bonchev–Trinajstić information content (AvgIpc) is 2.97. The third-order valence-corrected chi connectivity index (χ3v) is 5.02. The first-order chi connectivity index (χ1) is 12.7. The maximum Gasteiger partial charge on any atom is 0.354 e. The number of hydrogen-bond acceptors (Lipinski definition) is 4. The van der Waals surface area contributed by atoms with E-state index in [9.17, 15) is 4.79 Å². The molecule has 0 saturated carbocycles. The number of pyridine rings is 1. The van der Waals surface area contributed by atoms with Gasteiger partial charge >= 0.3 is 5.97 Å². The summed E-state index contributed by atoms with van der Waals surface area (Å²) < 4.78 is 2.31. The minimum absolute atomic E-state index is 0. The van der Waals surface area contributed by atoms with Crippen LogP contribution in [-0.2, 0) is 25.8 Å². The molecule has 0 bridgehead atoms. The Morgan fingerprint density at radius 3 is 2.46 bits per heavy atom. The summed E-state index contributed by atoms with van der Waals surface area (Å²) in [7, 11) is 2.13. The number of rotatable bonds is 1. The molecule has 1 aliphatic rings. The number of aromatic carboxylic acids is 1. The maximum absolute atomic E-state index is 10.1. The van der Waals surface area contributed by atoms with Crippen LogP contribution in [0, 0.1) is 19.9 Å². The van der Waals surface area contributed by atoms with Crippen LogP contribution in [0.3, 0.4) is 0 Å². The molecule has 6 nitrogen and oxygen atoms in total. The van der Waals surface area contributed by atoms with E-state index in [4.69, 9.17) is 10.1 Å². The van der Waals surface area contributed by atoms with Gasteiger partial charge in [0, 0.05) is 37.7 Å². The average molecular weight is 556 g/mol. The van der Waals surface area contributed by atoms with Crippen molar-refractivity contribution in [3.63, 3.8) is 0 Å². The third-order valence-electron chi connectivity index (χ3n) is 5.02. The van der Waals surface area contributed by atoms with Crippen LogP contribution in [0.2, 0.25) is 0 Å². The third kappa shape index (κ3) is 3.73. The van der Waals surface area contributed by atoms with E-state index in [-0.39, 0.29) is 31.5 Å².